The number of ether oxygens (including phenoxy) is 2. The van der Waals surface area contributed by atoms with E-state index in [0.717, 1.165) is 31.7 Å². The molecule has 126 valence electrons. The number of carbonyl (C=O) groups is 1. The number of benzene rings is 1. The van der Waals surface area contributed by atoms with E-state index in [1.165, 1.54) is 0 Å². The molecule has 0 bridgehead atoms. The standard InChI is InChI=1S/C17H23ClN2O3/c1-2-19-15-5-4-13(18)10-14(15)16(21)20-7-9-23-17(11-20)6-3-8-22-12-17/h4-5,10,19H,2-3,6-9,11-12H2,1H3. The van der Waals surface area contributed by atoms with Crippen LogP contribution in [0.5, 0.6) is 0 Å². The first-order valence-corrected chi connectivity index (χ1v) is 8.56. The molecule has 1 aromatic rings. The molecule has 23 heavy (non-hydrogen) atoms. The number of nitrogens with zero attached hydrogens (tertiary/aromatic N) is 1. The van der Waals surface area contributed by atoms with E-state index in [1.54, 1.807) is 12.1 Å². The van der Waals surface area contributed by atoms with E-state index < -0.39 is 0 Å². The second-order valence-corrected chi connectivity index (χ2v) is 6.57. The number of morpholine rings is 1. The predicted molar refractivity (Wildman–Crippen MR) is 90.3 cm³/mol. The van der Waals surface area contributed by atoms with E-state index in [-0.39, 0.29) is 11.5 Å². The number of halogens is 1. The summed E-state index contributed by atoms with van der Waals surface area (Å²) in [6.45, 7) is 5.81. The predicted octanol–water partition coefficient (Wildman–Crippen LogP) is 2.79. The molecular formula is C17H23ClN2O3. The lowest BCUT2D eigenvalue weighted by molar-refractivity contribution is -0.160. The number of carbonyl (C=O) groups excluding carboxylic acids is 1. The van der Waals surface area contributed by atoms with Crippen LogP contribution in [0.25, 0.3) is 0 Å². The van der Waals surface area contributed by atoms with Crippen molar-refractivity contribution in [3.63, 3.8) is 0 Å². The van der Waals surface area contributed by atoms with Crippen molar-refractivity contribution in [2.24, 2.45) is 0 Å². The molecule has 2 saturated heterocycles. The van der Waals surface area contributed by atoms with Crippen molar-refractivity contribution < 1.29 is 14.3 Å². The van der Waals surface area contributed by atoms with Crippen LogP contribution in [0.2, 0.25) is 5.02 Å². The van der Waals surface area contributed by atoms with Gasteiger partial charge in [0.1, 0.15) is 5.60 Å². The van der Waals surface area contributed by atoms with Crippen molar-refractivity contribution >= 4 is 23.2 Å². The maximum atomic E-state index is 13.0. The molecule has 2 fully saturated rings. The zero-order valence-corrected chi connectivity index (χ0v) is 14.2. The molecule has 0 radical (unpaired) electrons. The van der Waals surface area contributed by atoms with Crippen molar-refractivity contribution in [2.75, 3.05) is 44.8 Å². The van der Waals surface area contributed by atoms with Gasteiger partial charge in [0.05, 0.1) is 25.3 Å². The lowest BCUT2D eigenvalue weighted by Crippen LogP contribution is -2.57. The second kappa shape index (κ2) is 7.07. The summed E-state index contributed by atoms with van der Waals surface area (Å²) >= 11 is 6.10. The summed E-state index contributed by atoms with van der Waals surface area (Å²) < 4.78 is 11.5. The number of rotatable bonds is 3. The van der Waals surface area contributed by atoms with Crippen LogP contribution in [-0.2, 0) is 9.47 Å². The fraction of sp³-hybridized carbons (Fsp3) is 0.588. The molecule has 0 saturated carbocycles. The van der Waals surface area contributed by atoms with Gasteiger partial charge in [0.2, 0.25) is 0 Å². The van der Waals surface area contributed by atoms with Gasteiger partial charge in [-0.05, 0) is 38.0 Å². The summed E-state index contributed by atoms with van der Waals surface area (Å²) in [5.41, 5.74) is 1.10. The molecule has 2 aliphatic heterocycles. The Bertz CT molecular complexity index is 567. The molecule has 1 amide bonds. The Kier molecular flexibility index (Phi) is 5.09. The van der Waals surface area contributed by atoms with Crippen molar-refractivity contribution in [3.05, 3.63) is 28.8 Å². The normalized spacial score (nSPS) is 24.7. The SMILES string of the molecule is CCNc1ccc(Cl)cc1C(=O)N1CCOC2(CCCOC2)C1. The Morgan fingerprint density at radius 1 is 1.43 bits per heavy atom. The van der Waals surface area contributed by atoms with Crippen LogP contribution < -0.4 is 5.32 Å². The van der Waals surface area contributed by atoms with Crippen LogP contribution in [0.3, 0.4) is 0 Å². The third-order valence-corrected chi connectivity index (χ3v) is 4.64. The number of nitrogens with one attached hydrogen (secondary N) is 1. The molecule has 0 aliphatic carbocycles. The number of hydrogen-bond acceptors (Lipinski definition) is 4. The summed E-state index contributed by atoms with van der Waals surface area (Å²) in [4.78, 5) is 14.9. The second-order valence-electron chi connectivity index (χ2n) is 6.13. The monoisotopic (exact) mass is 338 g/mol. The summed E-state index contributed by atoms with van der Waals surface area (Å²) in [6, 6.07) is 5.40. The van der Waals surface area contributed by atoms with E-state index in [4.69, 9.17) is 21.1 Å². The molecule has 2 aliphatic rings. The smallest absolute Gasteiger partial charge is 0.256 e. The van der Waals surface area contributed by atoms with E-state index in [1.807, 2.05) is 17.9 Å². The van der Waals surface area contributed by atoms with E-state index in [0.29, 0.717) is 36.9 Å². The lowest BCUT2D eigenvalue weighted by Gasteiger charge is -2.44. The summed E-state index contributed by atoms with van der Waals surface area (Å²) in [7, 11) is 0. The minimum Gasteiger partial charge on any atom is -0.385 e. The molecule has 1 unspecified atom stereocenters. The summed E-state index contributed by atoms with van der Waals surface area (Å²) in [5, 5.41) is 3.80. The molecule has 6 heteroatoms. The number of amides is 1. The highest BCUT2D eigenvalue weighted by molar-refractivity contribution is 6.31. The van der Waals surface area contributed by atoms with Crippen LogP contribution >= 0.6 is 11.6 Å². The lowest BCUT2D eigenvalue weighted by atomic mass is 9.94. The first kappa shape index (κ1) is 16.6. The van der Waals surface area contributed by atoms with Crippen molar-refractivity contribution in [1.82, 2.24) is 4.90 Å². The molecular weight excluding hydrogens is 316 g/mol. The summed E-state index contributed by atoms with van der Waals surface area (Å²) in [5.74, 6) is -0.00306. The Balaban J connectivity index is 1.81. The van der Waals surface area contributed by atoms with Crippen LogP contribution in [0, 0.1) is 0 Å². The van der Waals surface area contributed by atoms with Gasteiger partial charge in [-0.3, -0.25) is 4.79 Å². The van der Waals surface area contributed by atoms with Gasteiger partial charge in [-0.15, -0.1) is 0 Å². The fourth-order valence-corrected chi connectivity index (χ4v) is 3.46. The van der Waals surface area contributed by atoms with Gasteiger partial charge in [0.15, 0.2) is 0 Å². The highest BCUT2D eigenvalue weighted by Crippen LogP contribution is 2.30. The highest BCUT2D eigenvalue weighted by Gasteiger charge is 2.40. The maximum Gasteiger partial charge on any atom is 0.256 e. The van der Waals surface area contributed by atoms with Crippen LogP contribution in [0.1, 0.15) is 30.1 Å². The van der Waals surface area contributed by atoms with Gasteiger partial charge < -0.3 is 19.7 Å². The first-order chi connectivity index (χ1) is 11.1. The number of hydrogen-bond donors (Lipinski definition) is 1. The summed E-state index contributed by atoms with van der Waals surface area (Å²) in [6.07, 6.45) is 1.91. The van der Waals surface area contributed by atoms with Crippen LogP contribution in [0.4, 0.5) is 5.69 Å². The van der Waals surface area contributed by atoms with E-state index in [2.05, 4.69) is 5.32 Å². The van der Waals surface area contributed by atoms with Gasteiger partial charge in [-0.2, -0.15) is 0 Å². The van der Waals surface area contributed by atoms with Gasteiger partial charge in [-0.1, -0.05) is 11.6 Å². The van der Waals surface area contributed by atoms with Gasteiger partial charge in [-0.25, -0.2) is 0 Å². The topological polar surface area (TPSA) is 50.8 Å². The Morgan fingerprint density at radius 3 is 3.04 bits per heavy atom. The molecule has 2 heterocycles. The Labute approximate surface area is 141 Å². The third-order valence-electron chi connectivity index (χ3n) is 4.40. The minimum absolute atomic E-state index is 0.00306. The molecule has 1 spiro atoms. The first-order valence-electron chi connectivity index (χ1n) is 8.18. The van der Waals surface area contributed by atoms with Gasteiger partial charge in [0.25, 0.3) is 5.91 Å². The maximum absolute atomic E-state index is 13.0. The number of anilines is 1. The Morgan fingerprint density at radius 2 is 2.30 bits per heavy atom. The quantitative estimate of drug-likeness (QED) is 0.920. The molecule has 1 N–H and O–H groups in total. The zero-order valence-electron chi connectivity index (χ0n) is 13.4. The van der Waals surface area contributed by atoms with E-state index >= 15 is 0 Å². The van der Waals surface area contributed by atoms with Crippen molar-refractivity contribution in [1.29, 1.82) is 0 Å². The average molecular weight is 339 g/mol. The fourth-order valence-electron chi connectivity index (χ4n) is 3.29. The van der Waals surface area contributed by atoms with Crippen molar-refractivity contribution in [3.8, 4) is 0 Å². The Hall–Kier alpha value is -1.30. The van der Waals surface area contributed by atoms with Crippen LogP contribution in [-0.4, -0.2) is 55.9 Å². The third kappa shape index (κ3) is 3.62. The molecule has 5 nitrogen and oxygen atoms in total. The average Bonchev–Trinajstić information content (AvgIpc) is 2.57. The zero-order chi connectivity index (χ0) is 16.3. The molecule has 3 rings (SSSR count). The minimum atomic E-state index is -0.344. The highest BCUT2D eigenvalue weighted by atomic mass is 35.5. The van der Waals surface area contributed by atoms with E-state index in [9.17, 15) is 4.79 Å². The van der Waals surface area contributed by atoms with Crippen LogP contribution in [0.15, 0.2) is 18.2 Å². The van der Waals surface area contributed by atoms with Gasteiger partial charge in [0, 0.05) is 30.4 Å². The van der Waals surface area contributed by atoms with Crippen molar-refractivity contribution in [2.45, 2.75) is 25.4 Å². The van der Waals surface area contributed by atoms with Gasteiger partial charge >= 0.3 is 0 Å². The molecule has 1 aromatic carbocycles. The molecule has 0 aromatic heterocycles. The molecule has 1 atom stereocenters. The largest absolute Gasteiger partial charge is 0.385 e.